The number of sulfone groups is 1. The molecule has 2 fully saturated rings. The van der Waals surface area contributed by atoms with Crippen LogP contribution in [0.2, 0.25) is 0 Å². The zero-order chi connectivity index (χ0) is 33.1. The van der Waals surface area contributed by atoms with E-state index in [4.69, 9.17) is 9.15 Å². The van der Waals surface area contributed by atoms with Crippen LogP contribution in [-0.4, -0.2) is 93.6 Å². The number of benzene rings is 3. The highest BCUT2D eigenvalue weighted by Crippen LogP contribution is 2.24. The van der Waals surface area contributed by atoms with Crippen LogP contribution in [0.15, 0.2) is 76.0 Å². The third-order valence-electron chi connectivity index (χ3n) is 8.92. The summed E-state index contributed by atoms with van der Waals surface area (Å²) in [7, 11) is -1.82. The first-order valence-corrected chi connectivity index (χ1v) is 17.6. The summed E-state index contributed by atoms with van der Waals surface area (Å²) in [6, 6.07) is 18.9. The van der Waals surface area contributed by atoms with Crippen LogP contribution in [0.4, 0.5) is 4.39 Å². The molecule has 47 heavy (non-hydrogen) atoms. The van der Waals surface area contributed by atoms with Crippen molar-refractivity contribution in [3.8, 4) is 5.75 Å². The van der Waals surface area contributed by atoms with Gasteiger partial charge in [-0.1, -0.05) is 18.2 Å². The predicted molar refractivity (Wildman–Crippen MR) is 176 cm³/mol. The van der Waals surface area contributed by atoms with Gasteiger partial charge in [-0.15, -0.1) is 0 Å². The van der Waals surface area contributed by atoms with Gasteiger partial charge in [-0.05, 0) is 72.5 Å². The first-order chi connectivity index (χ1) is 22.6. The van der Waals surface area contributed by atoms with Gasteiger partial charge in [-0.2, -0.15) is 0 Å². The fourth-order valence-corrected chi connectivity index (χ4v) is 6.96. The highest BCUT2D eigenvalue weighted by molar-refractivity contribution is 7.90. The van der Waals surface area contributed by atoms with Crippen LogP contribution in [-0.2, 0) is 22.9 Å². The molecule has 3 aromatic carbocycles. The van der Waals surface area contributed by atoms with Crippen molar-refractivity contribution in [2.45, 2.75) is 36.9 Å². The summed E-state index contributed by atoms with van der Waals surface area (Å²) in [5.41, 5.74) is 2.87. The predicted octanol–water partition coefficient (Wildman–Crippen LogP) is 4.34. The molecule has 12 heteroatoms. The minimum Gasteiger partial charge on any atom is -0.494 e. The first-order valence-electron chi connectivity index (χ1n) is 15.8. The molecule has 248 valence electrons. The molecule has 10 nitrogen and oxygen atoms in total. The summed E-state index contributed by atoms with van der Waals surface area (Å²) in [6.07, 6.45) is 2.74. The molecule has 0 radical (unpaired) electrons. The molecule has 2 aliphatic heterocycles. The van der Waals surface area contributed by atoms with Gasteiger partial charge in [0, 0.05) is 75.6 Å². The lowest BCUT2D eigenvalue weighted by Gasteiger charge is -2.34. The number of furan rings is 1. The maximum absolute atomic E-state index is 14.1. The van der Waals surface area contributed by atoms with Crippen molar-refractivity contribution >= 4 is 32.6 Å². The number of ether oxygens (including phenoxy) is 1. The average Bonchev–Trinajstić information content (AvgIpc) is 3.50. The van der Waals surface area contributed by atoms with E-state index in [-0.39, 0.29) is 35.2 Å². The number of piperazine rings is 1. The van der Waals surface area contributed by atoms with Crippen LogP contribution in [0.25, 0.3) is 11.0 Å². The Morgan fingerprint density at radius 1 is 0.894 bits per heavy atom. The molecule has 0 saturated carbocycles. The second-order valence-electron chi connectivity index (χ2n) is 12.3. The Kier molecular flexibility index (Phi) is 9.62. The number of hydrogen-bond acceptors (Lipinski definition) is 8. The largest absolute Gasteiger partial charge is 0.494 e. The quantitative estimate of drug-likeness (QED) is 0.282. The third kappa shape index (κ3) is 7.83. The Morgan fingerprint density at radius 3 is 2.28 bits per heavy atom. The summed E-state index contributed by atoms with van der Waals surface area (Å²) >= 11 is 0. The number of halogens is 1. The Morgan fingerprint density at radius 2 is 1.60 bits per heavy atom. The van der Waals surface area contributed by atoms with Crippen molar-refractivity contribution in [2.24, 2.45) is 0 Å². The lowest BCUT2D eigenvalue weighted by atomic mass is 10.0. The molecule has 3 heterocycles. The number of nitrogens with one attached hydrogen (secondary N) is 1. The minimum absolute atomic E-state index is 0.000929. The molecule has 6 rings (SSSR count). The molecule has 2 saturated heterocycles. The Hall–Kier alpha value is -4.26. The van der Waals surface area contributed by atoms with E-state index in [2.05, 4.69) is 15.1 Å². The van der Waals surface area contributed by atoms with Crippen LogP contribution in [0, 0.1) is 5.82 Å². The van der Waals surface area contributed by atoms with Crippen molar-refractivity contribution in [3.63, 3.8) is 0 Å². The smallest absolute Gasteiger partial charge is 0.287 e. The summed E-state index contributed by atoms with van der Waals surface area (Å²) in [5, 5.41) is 3.77. The number of piperidine rings is 1. The van der Waals surface area contributed by atoms with Crippen molar-refractivity contribution in [3.05, 3.63) is 95.0 Å². The monoisotopic (exact) mass is 662 g/mol. The van der Waals surface area contributed by atoms with Gasteiger partial charge in [0.15, 0.2) is 27.2 Å². The van der Waals surface area contributed by atoms with E-state index < -0.39 is 9.84 Å². The molecule has 0 spiro atoms. The number of likely N-dealkylation sites (tertiary alicyclic amines) is 1. The zero-order valence-electron chi connectivity index (χ0n) is 26.6. The molecule has 2 aliphatic rings. The highest BCUT2D eigenvalue weighted by Gasteiger charge is 2.25. The average molecular weight is 663 g/mol. The molecule has 1 aromatic heterocycles. The van der Waals surface area contributed by atoms with Crippen molar-refractivity contribution in [1.82, 2.24) is 20.0 Å². The van der Waals surface area contributed by atoms with E-state index in [1.165, 1.54) is 19.4 Å². The highest BCUT2D eigenvalue weighted by atomic mass is 32.2. The lowest BCUT2D eigenvalue weighted by Crippen LogP contribution is -2.48. The van der Waals surface area contributed by atoms with Gasteiger partial charge in [0.2, 0.25) is 0 Å². The van der Waals surface area contributed by atoms with E-state index in [1.807, 2.05) is 17.0 Å². The SMILES string of the molecule is COc1ccc(CN2CCC(NC(=O)c3cc4cc(C(=O)N5CCN(Cc6cccc(S(C)(=O)=O)c6)CC5)ccc4o3)CC2)cc1F. The van der Waals surface area contributed by atoms with E-state index >= 15 is 0 Å². The van der Waals surface area contributed by atoms with Gasteiger partial charge in [-0.25, -0.2) is 12.8 Å². The fraction of sp³-hybridized carbons (Fsp3) is 0.371. The summed E-state index contributed by atoms with van der Waals surface area (Å²) in [6.45, 7) is 5.24. The van der Waals surface area contributed by atoms with Crippen LogP contribution < -0.4 is 10.1 Å². The second kappa shape index (κ2) is 13.8. The van der Waals surface area contributed by atoms with Gasteiger partial charge in [-0.3, -0.25) is 19.4 Å². The number of amides is 2. The van der Waals surface area contributed by atoms with Crippen molar-refractivity contribution < 1.29 is 31.6 Å². The van der Waals surface area contributed by atoms with Crippen LogP contribution in [0.5, 0.6) is 5.75 Å². The number of nitrogens with zero attached hydrogens (tertiary/aromatic N) is 3. The second-order valence-corrected chi connectivity index (χ2v) is 14.4. The molecule has 2 amide bonds. The van der Waals surface area contributed by atoms with Gasteiger partial charge >= 0.3 is 0 Å². The normalized spacial score (nSPS) is 16.8. The van der Waals surface area contributed by atoms with E-state index in [0.29, 0.717) is 60.7 Å². The Bertz CT molecular complexity index is 1880. The zero-order valence-corrected chi connectivity index (χ0v) is 27.4. The topological polar surface area (TPSA) is 112 Å². The van der Waals surface area contributed by atoms with Crippen molar-refractivity contribution in [1.29, 1.82) is 0 Å². The molecular formula is C35H39FN4O6S. The summed E-state index contributed by atoms with van der Waals surface area (Å²) in [4.78, 5) is 33.0. The molecule has 4 aromatic rings. The number of rotatable bonds is 9. The molecule has 0 unspecified atom stereocenters. The molecule has 0 aliphatic carbocycles. The van der Waals surface area contributed by atoms with Crippen LogP contribution in [0.3, 0.4) is 0 Å². The standard InChI is InChI=1S/C35H39FN4O6S/c1-45-32-8-6-25(19-30(32)36)23-38-12-10-28(11-13-38)37-34(41)33-21-27-20-26(7-9-31(27)46-33)35(42)40-16-14-39(15-17-40)22-24-4-3-5-29(18-24)47(2,43)44/h3-9,18-21,28H,10-17,22-23H2,1-2H3,(H,37,41). The number of methoxy groups -OCH3 is 1. The van der Waals surface area contributed by atoms with Gasteiger partial charge in [0.05, 0.1) is 12.0 Å². The maximum atomic E-state index is 14.1. The van der Waals surface area contributed by atoms with Crippen LogP contribution in [0.1, 0.15) is 44.9 Å². The number of fused-ring (bicyclic) bond motifs is 1. The number of carbonyl (C=O) groups is 2. The van der Waals surface area contributed by atoms with E-state index in [0.717, 1.165) is 37.1 Å². The van der Waals surface area contributed by atoms with Gasteiger partial charge < -0.3 is 19.4 Å². The summed E-state index contributed by atoms with van der Waals surface area (Å²) in [5.74, 6) is -0.312. The van der Waals surface area contributed by atoms with Crippen LogP contribution >= 0.6 is 0 Å². The molecule has 0 bridgehead atoms. The number of hydrogen-bond donors (Lipinski definition) is 1. The molecule has 1 N–H and O–H groups in total. The summed E-state index contributed by atoms with van der Waals surface area (Å²) < 4.78 is 48.7. The fourth-order valence-electron chi connectivity index (χ4n) is 6.27. The van der Waals surface area contributed by atoms with Crippen molar-refractivity contribution in [2.75, 3.05) is 52.6 Å². The first kappa shape index (κ1) is 32.7. The van der Waals surface area contributed by atoms with Gasteiger partial charge in [0.1, 0.15) is 5.58 Å². The van der Waals surface area contributed by atoms with E-state index in [9.17, 15) is 22.4 Å². The third-order valence-corrected chi connectivity index (χ3v) is 10.0. The minimum atomic E-state index is -3.27. The Labute approximate surface area is 274 Å². The molecular weight excluding hydrogens is 623 g/mol. The van der Waals surface area contributed by atoms with E-state index in [1.54, 1.807) is 48.5 Å². The van der Waals surface area contributed by atoms with Gasteiger partial charge in [0.25, 0.3) is 11.8 Å². The Balaban J connectivity index is 0.996. The maximum Gasteiger partial charge on any atom is 0.287 e. The molecule has 0 atom stereocenters. The lowest BCUT2D eigenvalue weighted by molar-refractivity contribution is 0.0628. The number of carbonyl (C=O) groups excluding carboxylic acids is 2.